The van der Waals surface area contributed by atoms with E-state index in [9.17, 15) is 10.1 Å². The van der Waals surface area contributed by atoms with Crippen LogP contribution in [0.15, 0.2) is 155 Å². The average Bonchev–Trinajstić information content (AvgIpc) is 3.09. The smallest absolute Gasteiger partial charge is 0.270 e. The first-order valence-corrected chi connectivity index (χ1v) is 14.0. The van der Waals surface area contributed by atoms with Crippen LogP contribution in [0.5, 0.6) is 5.75 Å². The van der Waals surface area contributed by atoms with Crippen molar-refractivity contribution in [3.05, 3.63) is 184 Å². The molecule has 5 aromatic carbocycles. The lowest BCUT2D eigenvalue weighted by molar-refractivity contribution is 0.155. The number of aromatic amines is 1. The van der Waals surface area contributed by atoms with Gasteiger partial charge in [0.1, 0.15) is 17.4 Å². The normalized spacial score (nSPS) is 11.2. The zero-order valence-corrected chi connectivity index (χ0v) is 23.6. The van der Waals surface area contributed by atoms with E-state index in [0.717, 1.165) is 22.3 Å². The van der Waals surface area contributed by atoms with Crippen molar-refractivity contribution in [3.8, 4) is 23.1 Å². The quantitative estimate of drug-likeness (QED) is 0.109. The van der Waals surface area contributed by atoms with Gasteiger partial charge < -0.3 is 4.74 Å². The topological polar surface area (TPSA) is 103 Å². The van der Waals surface area contributed by atoms with E-state index in [4.69, 9.17) is 4.74 Å². The fourth-order valence-corrected chi connectivity index (χ4v) is 5.10. The van der Waals surface area contributed by atoms with Gasteiger partial charge in [-0.05, 0) is 29.8 Å². The summed E-state index contributed by atoms with van der Waals surface area (Å²) in [5.74, 6) is 0.805. The van der Waals surface area contributed by atoms with Gasteiger partial charge in [0.15, 0.2) is 5.60 Å². The first-order valence-electron chi connectivity index (χ1n) is 14.0. The lowest BCUT2D eigenvalue weighted by atomic mass is 9.80. The lowest BCUT2D eigenvalue weighted by Crippen LogP contribution is -2.36. The predicted molar refractivity (Wildman–Crippen MR) is 173 cm³/mol. The van der Waals surface area contributed by atoms with Crippen molar-refractivity contribution < 1.29 is 4.74 Å². The molecular weight excluding hydrogens is 546 g/mol. The van der Waals surface area contributed by atoms with Gasteiger partial charge in [-0.2, -0.15) is 10.4 Å². The number of nitrogens with one attached hydrogen (secondary N) is 2. The van der Waals surface area contributed by atoms with Crippen LogP contribution < -0.4 is 15.7 Å². The van der Waals surface area contributed by atoms with Crippen LogP contribution in [0.2, 0.25) is 0 Å². The fraction of sp³-hybridized carbons (Fsp3) is 0.0270. The highest BCUT2D eigenvalue weighted by Gasteiger charge is 2.38. The van der Waals surface area contributed by atoms with E-state index in [1.54, 1.807) is 18.3 Å². The molecule has 0 amide bonds. The van der Waals surface area contributed by atoms with Crippen molar-refractivity contribution in [2.45, 2.75) is 5.60 Å². The van der Waals surface area contributed by atoms with Gasteiger partial charge in [-0.25, -0.2) is 10.4 Å². The van der Waals surface area contributed by atoms with Gasteiger partial charge in [0.2, 0.25) is 5.95 Å². The molecule has 6 aromatic rings. The minimum atomic E-state index is -0.884. The second kappa shape index (κ2) is 12.7. The number of benzene rings is 5. The minimum Gasteiger partial charge on any atom is -0.473 e. The highest BCUT2D eigenvalue weighted by Crippen LogP contribution is 2.41. The number of nitriles is 1. The Morgan fingerprint density at radius 3 is 1.73 bits per heavy atom. The number of hydrogen-bond donors (Lipinski definition) is 2. The molecule has 0 saturated carbocycles. The van der Waals surface area contributed by atoms with Crippen LogP contribution in [-0.2, 0) is 5.60 Å². The lowest BCUT2D eigenvalue weighted by Gasteiger charge is -2.36. The summed E-state index contributed by atoms with van der Waals surface area (Å²) in [6, 6.07) is 49.2. The summed E-state index contributed by atoms with van der Waals surface area (Å²) in [7, 11) is 0. The maximum Gasteiger partial charge on any atom is 0.270 e. The van der Waals surface area contributed by atoms with Crippen molar-refractivity contribution in [1.29, 1.82) is 5.26 Å². The number of rotatable bonds is 9. The Labute approximate surface area is 254 Å². The molecule has 7 heteroatoms. The van der Waals surface area contributed by atoms with Crippen LogP contribution in [0.4, 0.5) is 5.95 Å². The summed E-state index contributed by atoms with van der Waals surface area (Å²) < 4.78 is 6.94. The number of nitrogens with zero attached hydrogens (tertiary/aromatic N) is 3. The van der Waals surface area contributed by atoms with Gasteiger partial charge in [0.05, 0.1) is 11.9 Å². The molecule has 1 heterocycles. The van der Waals surface area contributed by atoms with Crippen molar-refractivity contribution in [2.24, 2.45) is 5.10 Å². The molecule has 0 unspecified atom stereocenters. The molecule has 1 aromatic heterocycles. The molecule has 0 spiro atoms. The van der Waals surface area contributed by atoms with Crippen LogP contribution >= 0.6 is 0 Å². The van der Waals surface area contributed by atoms with Crippen molar-refractivity contribution in [2.75, 3.05) is 5.43 Å². The molecule has 2 N–H and O–H groups in total. The predicted octanol–water partition coefficient (Wildman–Crippen LogP) is 7.13. The van der Waals surface area contributed by atoms with Crippen molar-refractivity contribution in [1.82, 2.24) is 9.97 Å². The van der Waals surface area contributed by atoms with E-state index >= 15 is 0 Å². The van der Waals surface area contributed by atoms with E-state index in [-0.39, 0.29) is 17.2 Å². The second-order valence-electron chi connectivity index (χ2n) is 9.94. The third kappa shape index (κ3) is 5.73. The molecule has 7 nitrogen and oxygen atoms in total. The molecule has 0 saturated heterocycles. The Bertz CT molecular complexity index is 1870. The first kappa shape index (κ1) is 27.9. The van der Waals surface area contributed by atoms with E-state index in [1.165, 1.54) is 0 Å². The van der Waals surface area contributed by atoms with Gasteiger partial charge in [0, 0.05) is 22.3 Å². The van der Waals surface area contributed by atoms with Gasteiger partial charge in [-0.3, -0.25) is 9.78 Å². The summed E-state index contributed by atoms with van der Waals surface area (Å²) in [5, 5.41) is 13.8. The highest BCUT2D eigenvalue weighted by molar-refractivity contribution is 5.80. The summed E-state index contributed by atoms with van der Waals surface area (Å²) in [6.45, 7) is 0. The second-order valence-corrected chi connectivity index (χ2v) is 9.94. The Morgan fingerprint density at radius 2 is 1.23 bits per heavy atom. The van der Waals surface area contributed by atoms with E-state index in [1.807, 2.05) is 103 Å². The van der Waals surface area contributed by atoms with Crippen molar-refractivity contribution in [3.63, 3.8) is 0 Å². The van der Waals surface area contributed by atoms with Gasteiger partial charge in [-0.15, -0.1) is 0 Å². The summed E-state index contributed by atoms with van der Waals surface area (Å²) >= 11 is 0. The number of aromatic nitrogens is 2. The fourth-order valence-electron chi connectivity index (χ4n) is 5.10. The maximum absolute atomic E-state index is 12.5. The van der Waals surface area contributed by atoms with Gasteiger partial charge in [0.25, 0.3) is 5.56 Å². The van der Waals surface area contributed by atoms with Crippen LogP contribution in [0, 0.1) is 11.3 Å². The molecule has 0 aliphatic heterocycles. The molecule has 0 atom stereocenters. The van der Waals surface area contributed by atoms with Gasteiger partial charge >= 0.3 is 0 Å². The maximum atomic E-state index is 12.5. The number of anilines is 1. The van der Waals surface area contributed by atoms with E-state index < -0.39 is 11.2 Å². The zero-order valence-electron chi connectivity index (χ0n) is 23.6. The molecule has 0 aliphatic carbocycles. The Balaban J connectivity index is 1.28. The molecule has 0 bridgehead atoms. The number of ether oxygens (including phenoxy) is 1. The molecule has 0 aliphatic rings. The zero-order chi connectivity index (χ0) is 30.2. The number of hydrogen-bond acceptors (Lipinski definition) is 6. The third-order valence-electron chi connectivity index (χ3n) is 7.15. The standard InChI is InChI=1S/C37H27N5O2/c38-25-33-34(28-13-5-1-6-14-28)40-36(41-35(33)43)42-39-26-27-21-23-32(24-22-27)44-37(29-15-7-2-8-16-29,30-17-9-3-10-18-30)31-19-11-4-12-20-31/h1-24,26H,(H2,40,41,42,43). The van der Waals surface area contributed by atoms with Crippen LogP contribution in [0.1, 0.15) is 27.8 Å². The molecular formula is C37H27N5O2. The Morgan fingerprint density at radius 1 is 0.727 bits per heavy atom. The summed E-state index contributed by atoms with van der Waals surface area (Å²) in [6.07, 6.45) is 1.61. The highest BCUT2D eigenvalue weighted by atomic mass is 16.5. The largest absolute Gasteiger partial charge is 0.473 e. The van der Waals surface area contributed by atoms with Crippen LogP contribution in [0.3, 0.4) is 0 Å². The Kier molecular flexibility index (Phi) is 8.06. The summed E-state index contributed by atoms with van der Waals surface area (Å²) in [5.41, 5.74) is 6.06. The third-order valence-corrected chi connectivity index (χ3v) is 7.15. The minimum absolute atomic E-state index is 0.0566. The van der Waals surface area contributed by atoms with Crippen LogP contribution in [-0.4, -0.2) is 16.2 Å². The van der Waals surface area contributed by atoms with Crippen LogP contribution in [0.25, 0.3) is 11.3 Å². The number of hydrazone groups is 1. The molecule has 0 fully saturated rings. The molecule has 6 rings (SSSR count). The first-order chi connectivity index (χ1) is 21.7. The SMILES string of the molecule is N#Cc1c(-c2ccccc2)nc(NN=Cc2ccc(OC(c3ccccc3)(c3ccccc3)c3ccccc3)cc2)[nH]c1=O. The average molecular weight is 574 g/mol. The summed E-state index contributed by atoms with van der Waals surface area (Å²) in [4.78, 5) is 19.5. The molecule has 212 valence electrons. The van der Waals surface area contributed by atoms with E-state index in [0.29, 0.717) is 11.3 Å². The molecule has 0 radical (unpaired) electrons. The molecule has 44 heavy (non-hydrogen) atoms. The Hall–Kier alpha value is -6.26. The number of H-pyrrole nitrogens is 1. The van der Waals surface area contributed by atoms with Crippen molar-refractivity contribution >= 4 is 12.2 Å². The van der Waals surface area contributed by atoms with Gasteiger partial charge in [-0.1, -0.05) is 121 Å². The van der Waals surface area contributed by atoms with E-state index in [2.05, 4.69) is 56.9 Å². The monoisotopic (exact) mass is 573 g/mol.